The molecule has 2 heterocycles. The summed E-state index contributed by atoms with van der Waals surface area (Å²) >= 11 is 3.41. The molecule has 0 amide bonds. The van der Waals surface area contributed by atoms with E-state index < -0.39 is 0 Å². The first-order chi connectivity index (χ1) is 8.74. The van der Waals surface area contributed by atoms with Gasteiger partial charge in [0.2, 0.25) is 0 Å². The molecule has 0 atom stereocenters. The molecule has 0 aliphatic heterocycles. The van der Waals surface area contributed by atoms with E-state index in [1.807, 2.05) is 18.2 Å². The van der Waals surface area contributed by atoms with Gasteiger partial charge >= 0.3 is 0 Å². The first-order valence-electron chi connectivity index (χ1n) is 5.77. The summed E-state index contributed by atoms with van der Waals surface area (Å²) < 4.78 is 6.07. The van der Waals surface area contributed by atoms with Crippen LogP contribution in [0.25, 0.3) is 11.4 Å². The van der Waals surface area contributed by atoms with Gasteiger partial charge in [-0.05, 0) is 40.5 Å². The summed E-state index contributed by atoms with van der Waals surface area (Å²) in [7, 11) is 1.63. The van der Waals surface area contributed by atoms with E-state index in [1.165, 1.54) is 0 Å². The fraction of sp³-hybridized carbons (Fsp3) is 0.308. The molecule has 0 aliphatic rings. The minimum absolute atomic E-state index is 0.713. The Bertz CT molecular complexity index is 546. The molecule has 5 heteroatoms. The van der Waals surface area contributed by atoms with Crippen LogP contribution in [0, 0.1) is 0 Å². The maximum Gasteiger partial charge on any atom is 0.146 e. The quantitative estimate of drug-likeness (QED) is 0.813. The van der Waals surface area contributed by atoms with Crippen molar-refractivity contribution in [1.82, 2.24) is 15.0 Å². The highest BCUT2D eigenvalue weighted by atomic mass is 79.9. The molecule has 0 N–H and O–H groups in total. The van der Waals surface area contributed by atoms with E-state index in [4.69, 9.17) is 4.74 Å². The Balaban J connectivity index is 2.49. The number of pyridine rings is 1. The van der Waals surface area contributed by atoms with E-state index in [-0.39, 0.29) is 0 Å². The Morgan fingerprint density at radius 2 is 2.17 bits per heavy atom. The summed E-state index contributed by atoms with van der Waals surface area (Å²) in [6, 6.07) is 5.56. The maximum absolute atomic E-state index is 5.30. The Labute approximate surface area is 115 Å². The largest absolute Gasteiger partial charge is 0.494 e. The molecule has 0 spiro atoms. The normalized spacial score (nSPS) is 10.4. The summed E-state index contributed by atoms with van der Waals surface area (Å²) in [6.45, 7) is 2.10. The number of aryl methyl sites for hydroxylation is 1. The van der Waals surface area contributed by atoms with Crippen LogP contribution in [0.4, 0.5) is 0 Å². The fourth-order valence-electron chi connectivity index (χ4n) is 1.67. The molecule has 0 aromatic carbocycles. The predicted octanol–water partition coefficient (Wildman–Crippen LogP) is 3.26. The van der Waals surface area contributed by atoms with Crippen LogP contribution in [-0.2, 0) is 6.42 Å². The molecule has 0 saturated heterocycles. The molecule has 94 valence electrons. The van der Waals surface area contributed by atoms with Crippen molar-refractivity contribution in [1.29, 1.82) is 0 Å². The van der Waals surface area contributed by atoms with Crippen LogP contribution in [0.1, 0.15) is 19.2 Å². The lowest BCUT2D eigenvalue weighted by molar-refractivity contribution is 0.414. The summed E-state index contributed by atoms with van der Waals surface area (Å²) in [5, 5.41) is 0. The van der Waals surface area contributed by atoms with Gasteiger partial charge in [0.05, 0.1) is 12.8 Å². The van der Waals surface area contributed by atoms with Crippen LogP contribution in [-0.4, -0.2) is 22.1 Å². The fourth-order valence-corrected chi connectivity index (χ4v) is 2.09. The van der Waals surface area contributed by atoms with E-state index in [9.17, 15) is 0 Å². The molecular weight excluding hydrogens is 294 g/mol. The zero-order chi connectivity index (χ0) is 13.0. The zero-order valence-electron chi connectivity index (χ0n) is 10.4. The molecule has 0 fully saturated rings. The van der Waals surface area contributed by atoms with Gasteiger partial charge in [0.25, 0.3) is 0 Å². The van der Waals surface area contributed by atoms with Gasteiger partial charge in [-0.2, -0.15) is 0 Å². The Morgan fingerprint density at radius 1 is 1.33 bits per heavy atom. The Kier molecular flexibility index (Phi) is 4.25. The molecule has 0 saturated carbocycles. The number of ether oxygens (including phenoxy) is 1. The number of nitrogens with zero attached hydrogens (tertiary/aromatic N) is 3. The van der Waals surface area contributed by atoms with Crippen LogP contribution in [0.3, 0.4) is 0 Å². The number of hydrogen-bond acceptors (Lipinski definition) is 4. The van der Waals surface area contributed by atoms with Gasteiger partial charge in [-0.25, -0.2) is 9.97 Å². The zero-order valence-corrected chi connectivity index (χ0v) is 11.9. The van der Waals surface area contributed by atoms with Gasteiger partial charge in [-0.1, -0.05) is 6.92 Å². The highest BCUT2D eigenvalue weighted by molar-refractivity contribution is 9.10. The highest BCUT2D eigenvalue weighted by Crippen LogP contribution is 2.27. The van der Waals surface area contributed by atoms with E-state index in [1.54, 1.807) is 13.3 Å². The van der Waals surface area contributed by atoms with Crippen LogP contribution >= 0.6 is 15.9 Å². The highest BCUT2D eigenvalue weighted by Gasteiger charge is 2.10. The Hall–Kier alpha value is -1.49. The second kappa shape index (κ2) is 5.91. The lowest BCUT2D eigenvalue weighted by atomic mass is 10.2. The van der Waals surface area contributed by atoms with E-state index >= 15 is 0 Å². The van der Waals surface area contributed by atoms with Gasteiger partial charge in [-0.3, -0.25) is 4.98 Å². The van der Waals surface area contributed by atoms with Gasteiger partial charge < -0.3 is 4.74 Å². The SMILES string of the molecule is CCCc1nc(Br)cc(-c2ncccc2OC)n1. The van der Waals surface area contributed by atoms with Crippen molar-refractivity contribution < 1.29 is 4.74 Å². The first kappa shape index (κ1) is 13.0. The van der Waals surface area contributed by atoms with Crippen molar-refractivity contribution in [3.8, 4) is 17.1 Å². The Morgan fingerprint density at radius 3 is 2.89 bits per heavy atom. The minimum atomic E-state index is 0.713. The van der Waals surface area contributed by atoms with Crippen molar-refractivity contribution >= 4 is 15.9 Å². The van der Waals surface area contributed by atoms with Crippen LogP contribution in [0.15, 0.2) is 29.0 Å². The molecule has 0 bridgehead atoms. The van der Waals surface area contributed by atoms with Gasteiger partial charge in [0, 0.05) is 12.6 Å². The third kappa shape index (κ3) is 2.85. The van der Waals surface area contributed by atoms with Crippen LogP contribution in [0.2, 0.25) is 0 Å². The summed E-state index contributed by atoms with van der Waals surface area (Å²) in [5.41, 5.74) is 1.51. The molecule has 2 aromatic heterocycles. The number of rotatable bonds is 4. The number of halogens is 1. The molecule has 2 aromatic rings. The monoisotopic (exact) mass is 307 g/mol. The molecule has 0 radical (unpaired) electrons. The van der Waals surface area contributed by atoms with Gasteiger partial charge in [0.15, 0.2) is 0 Å². The van der Waals surface area contributed by atoms with E-state index in [0.29, 0.717) is 5.75 Å². The second-order valence-electron chi connectivity index (χ2n) is 3.80. The predicted molar refractivity (Wildman–Crippen MR) is 73.5 cm³/mol. The average molecular weight is 308 g/mol. The smallest absolute Gasteiger partial charge is 0.146 e. The third-order valence-corrected chi connectivity index (χ3v) is 2.85. The average Bonchev–Trinajstić information content (AvgIpc) is 2.38. The molecule has 18 heavy (non-hydrogen) atoms. The number of hydrogen-bond donors (Lipinski definition) is 0. The molecule has 2 rings (SSSR count). The lowest BCUT2D eigenvalue weighted by Gasteiger charge is -2.08. The maximum atomic E-state index is 5.30. The molecular formula is C13H14BrN3O. The first-order valence-corrected chi connectivity index (χ1v) is 6.56. The van der Waals surface area contributed by atoms with Crippen molar-refractivity contribution in [3.05, 3.63) is 34.8 Å². The van der Waals surface area contributed by atoms with Crippen LogP contribution in [0.5, 0.6) is 5.75 Å². The standard InChI is InChI=1S/C13H14BrN3O/c1-3-5-12-16-9(8-11(14)17-12)13-10(18-2)6-4-7-15-13/h4,6-8H,3,5H2,1-2H3. The summed E-state index contributed by atoms with van der Waals surface area (Å²) in [5.74, 6) is 1.53. The van der Waals surface area contributed by atoms with Crippen molar-refractivity contribution in [2.45, 2.75) is 19.8 Å². The van der Waals surface area contributed by atoms with Crippen LogP contribution < -0.4 is 4.74 Å². The topological polar surface area (TPSA) is 47.9 Å². The second-order valence-corrected chi connectivity index (χ2v) is 4.61. The lowest BCUT2D eigenvalue weighted by Crippen LogP contribution is -1.99. The van der Waals surface area contributed by atoms with Gasteiger partial charge in [0.1, 0.15) is 21.9 Å². The molecule has 4 nitrogen and oxygen atoms in total. The van der Waals surface area contributed by atoms with E-state index in [0.717, 1.165) is 34.7 Å². The number of methoxy groups -OCH3 is 1. The molecule has 0 aliphatic carbocycles. The van der Waals surface area contributed by atoms with E-state index in [2.05, 4.69) is 37.8 Å². The van der Waals surface area contributed by atoms with Gasteiger partial charge in [-0.15, -0.1) is 0 Å². The summed E-state index contributed by atoms with van der Waals surface area (Å²) in [6.07, 6.45) is 3.59. The summed E-state index contributed by atoms with van der Waals surface area (Å²) in [4.78, 5) is 13.2. The van der Waals surface area contributed by atoms with Crippen molar-refractivity contribution in [2.24, 2.45) is 0 Å². The third-order valence-electron chi connectivity index (χ3n) is 2.45. The van der Waals surface area contributed by atoms with Crippen molar-refractivity contribution in [2.75, 3.05) is 7.11 Å². The molecule has 0 unspecified atom stereocenters. The minimum Gasteiger partial charge on any atom is -0.494 e. The number of aromatic nitrogens is 3. The van der Waals surface area contributed by atoms with Crippen molar-refractivity contribution in [3.63, 3.8) is 0 Å².